The molecule has 0 amide bonds. The molecule has 0 atom stereocenters. The second-order valence-electron chi connectivity index (χ2n) is 3.72. The predicted molar refractivity (Wildman–Crippen MR) is 46.1 cm³/mol. The van der Waals surface area contributed by atoms with Gasteiger partial charge in [0.1, 0.15) is 0 Å². The summed E-state index contributed by atoms with van der Waals surface area (Å²) in [6.07, 6.45) is 0. The Hall–Kier alpha value is -0.980. The van der Waals surface area contributed by atoms with Crippen LogP contribution in [0.1, 0.15) is 19.4 Å². The molecule has 1 aromatic carbocycles. The van der Waals surface area contributed by atoms with E-state index in [0.29, 0.717) is 0 Å². The Morgan fingerprint density at radius 2 is 2.00 bits per heavy atom. The molecule has 2 rings (SSSR count). The zero-order valence-electron chi connectivity index (χ0n) is 6.96. The van der Waals surface area contributed by atoms with E-state index in [0.717, 1.165) is 6.54 Å². The van der Waals surface area contributed by atoms with Crippen LogP contribution in [0.25, 0.3) is 0 Å². The summed E-state index contributed by atoms with van der Waals surface area (Å²) in [5.41, 5.74) is 2.83. The molecule has 1 heteroatoms. The standard InChI is InChI=1S/C10H12N/c1-10(2)7-11-9-6-4-3-5-8(9)10/h3-6H,7H2,1-2H3. The maximum absolute atomic E-state index is 4.45. The van der Waals surface area contributed by atoms with E-state index in [-0.39, 0.29) is 5.41 Å². The minimum atomic E-state index is 0.261. The van der Waals surface area contributed by atoms with Gasteiger partial charge in [0, 0.05) is 12.0 Å². The topological polar surface area (TPSA) is 14.1 Å². The summed E-state index contributed by atoms with van der Waals surface area (Å²) in [4.78, 5) is 0. The third-order valence-corrected chi connectivity index (χ3v) is 2.28. The van der Waals surface area contributed by atoms with Crippen LogP contribution >= 0.6 is 0 Å². The predicted octanol–water partition coefficient (Wildman–Crippen LogP) is 2.21. The van der Waals surface area contributed by atoms with Crippen LogP contribution in [-0.2, 0) is 5.41 Å². The molecule has 1 aromatic rings. The Balaban J connectivity index is 2.56. The minimum absolute atomic E-state index is 0.261. The van der Waals surface area contributed by atoms with Gasteiger partial charge in [-0.2, -0.15) is 0 Å². The summed E-state index contributed by atoms with van der Waals surface area (Å²) >= 11 is 0. The second kappa shape index (κ2) is 2.00. The average molecular weight is 146 g/mol. The van der Waals surface area contributed by atoms with Crippen LogP contribution in [0.3, 0.4) is 0 Å². The summed E-state index contributed by atoms with van der Waals surface area (Å²) in [6, 6.07) is 8.39. The summed E-state index contributed by atoms with van der Waals surface area (Å²) in [5, 5.41) is 4.45. The van der Waals surface area contributed by atoms with Crippen LogP contribution in [0.15, 0.2) is 24.3 Å². The van der Waals surface area contributed by atoms with Gasteiger partial charge in [0.15, 0.2) is 0 Å². The van der Waals surface area contributed by atoms with Crippen molar-refractivity contribution in [3.8, 4) is 0 Å². The first-order valence-corrected chi connectivity index (χ1v) is 3.97. The molecule has 0 spiro atoms. The van der Waals surface area contributed by atoms with Crippen LogP contribution in [0.2, 0.25) is 0 Å². The molecule has 0 fully saturated rings. The Kier molecular flexibility index (Phi) is 1.22. The number of fused-ring (bicyclic) bond motifs is 1. The lowest BCUT2D eigenvalue weighted by Gasteiger charge is -2.15. The lowest BCUT2D eigenvalue weighted by Crippen LogP contribution is -2.18. The molecule has 1 radical (unpaired) electrons. The van der Waals surface area contributed by atoms with E-state index in [1.165, 1.54) is 11.3 Å². The molecule has 1 nitrogen and oxygen atoms in total. The fourth-order valence-corrected chi connectivity index (χ4v) is 1.55. The van der Waals surface area contributed by atoms with Gasteiger partial charge in [0.25, 0.3) is 0 Å². The van der Waals surface area contributed by atoms with Crippen LogP contribution in [0, 0.1) is 0 Å². The van der Waals surface area contributed by atoms with Gasteiger partial charge in [-0.05, 0) is 11.6 Å². The molecule has 1 aliphatic heterocycles. The van der Waals surface area contributed by atoms with Crippen LogP contribution < -0.4 is 5.32 Å². The average Bonchev–Trinajstić information content (AvgIpc) is 2.29. The molecule has 0 unspecified atom stereocenters. The van der Waals surface area contributed by atoms with Crippen molar-refractivity contribution in [1.82, 2.24) is 5.32 Å². The van der Waals surface area contributed by atoms with Gasteiger partial charge in [-0.3, -0.25) is 5.32 Å². The highest BCUT2D eigenvalue weighted by molar-refractivity contribution is 5.52. The van der Waals surface area contributed by atoms with Crippen molar-refractivity contribution in [3.63, 3.8) is 0 Å². The van der Waals surface area contributed by atoms with Gasteiger partial charge in [-0.15, -0.1) is 0 Å². The van der Waals surface area contributed by atoms with Gasteiger partial charge in [-0.25, -0.2) is 0 Å². The van der Waals surface area contributed by atoms with E-state index in [1.54, 1.807) is 0 Å². The van der Waals surface area contributed by atoms with E-state index in [1.807, 2.05) is 6.07 Å². The maximum Gasteiger partial charge on any atom is 0.0612 e. The van der Waals surface area contributed by atoms with Crippen LogP contribution in [0.5, 0.6) is 0 Å². The fourth-order valence-electron chi connectivity index (χ4n) is 1.55. The number of rotatable bonds is 0. The summed E-state index contributed by atoms with van der Waals surface area (Å²) in [5.74, 6) is 0. The first kappa shape index (κ1) is 6.71. The minimum Gasteiger partial charge on any atom is -0.284 e. The molecule has 1 aliphatic rings. The van der Waals surface area contributed by atoms with Crippen molar-refractivity contribution in [2.24, 2.45) is 0 Å². The van der Waals surface area contributed by atoms with Gasteiger partial charge < -0.3 is 0 Å². The lowest BCUT2D eigenvalue weighted by atomic mass is 9.87. The van der Waals surface area contributed by atoms with Gasteiger partial charge in [0.2, 0.25) is 0 Å². The molecule has 0 aromatic heterocycles. The highest BCUT2D eigenvalue weighted by atomic mass is 14.9. The Morgan fingerprint density at radius 1 is 1.27 bits per heavy atom. The summed E-state index contributed by atoms with van der Waals surface area (Å²) in [6.45, 7) is 5.41. The summed E-state index contributed by atoms with van der Waals surface area (Å²) < 4.78 is 0. The molecule has 0 aliphatic carbocycles. The zero-order chi connectivity index (χ0) is 7.90. The van der Waals surface area contributed by atoms with Gasteiger partial charge in [-0.1, -0.05) is 32.0 Å². The molecule has 57 valence electrons. The van der Waals surface area contributed by atoms with Crippen molar-refractivity contribution in [2.75, 3.05) is 6.54 Å². The lowest BCUT2D eigenvalue weighted by molar-refractivity contribution is 0.547. The molecule has 0 bridgehead atoms. The number of hydrogen-bond acceptors (Lipinski definition) is 0. The Morgan fingerprint density at radius 3 is 2.73 bits per heavy atom. The quantitative estimate of drug-likeness (QED) is 0.533. The Labute approximate surface area is 67.4 Å². The van der Waals surface area contributed by atoms with E-state index < -0.39 is 0 Å². The van der Waals surface area contributed by atoms with Crippen molar-refractivity contribution in [2.45, 2.75) is 19.3 Å². The number of nitrogens with zero attached hydrogens (tertiary/aromatic N) is 1. The third-order valence-electron chi connectivity index (χ3n) is 2.28. The number of benzene rings is 1. The molecular weight excluding hydrogens is 134 g/mol. The van der Waals surface area contributed by atoms with E-state index in [9.17, 15) is 0 Å². The first-order valence-electron chi connectivity index (χ1n) is 3.97. The second-order valence-corrected chi connectivity index (χ2v) is 3.72. The van der Waals surface area contributed by atoms with Crippen molar-refractivity contribution < 1.29 is 0 Å². The normalized spacial score (nSPS) is 19.1. The molecule has 0 N–H and O–H groups in total. The van der Waals surface area contributed by atoms with Crippen molar-refractivity contribution in [1.29, 1.82) is 0 Å². The molecule has 11 heavy (non-hydrogen) atoms. The number of para-hydroxylation sites is 1. The van der Waals surface area contributed by atoms with Gasteiger partial charge in [0.05, 0.1) is 5.69 Å². The molecule has 0 saturated heterocycles. The molecule has 1 heterocycles. The first-order chi connectivity index (χ1) is 5.20. The largest absolute Gasteiger partial charge is 0.284 e. The number of hydrogen-bond donors (Lipinski definition) is 0. The Bertz CT molecular complexity index is 276. The third kappa shape index (κ3) is 0.917. The maximum atomic E-state index is 4.45. The molecule has 0 saturated carbocycles. The van der Waals surface area contributed by atoms with Crippen LogP contribution in [-0.4, -0.2) is 6.54 Å². The highest BCUT2D eigenvalue weighted by Gasteiger charge is 2.29. The van der Waals surface area contributed by atoms with E-state index in [2.05, 4.69) is 37.4 Å². The fraction of sp³-hybridized carbons (Fsp3) is 0.400. The van der Waals surface area contributed by atoms with Crippen LogP contribution in [0.4, 0.5) is 5.69 Å². The van der Waals surface area contributed by atoms with E-state index in [4.69, 9.17) is 0 Å². The highest BCUT2D eigenvalue weighted by Crippen LogP contribution is 2.35. The smallest absolute Gasteiger partial charge is 0.0612 e. The monoisotopic (exact) mass is 146 g/mol. The zero-order valence-corrected chi connectivity index (χ0v) is 6.96. The van der Waals surface area contributed by atoms with Crippen molar-refractivity contribution >= 4 is 5.69 Å². The summed E-state index contributed by atoms with van der Waals surface area (Å²) in [7, 11) is 0. The van der Waals surface area contributed by atoms with Gasteiger partial charge >= 0.3 is 0 Å². The van der Waals surface area contributed by atoms with Crippen molar-refractivity contribution in [3.05, 3.63) is 29.8 Å². The SMILES string of the molecule is CC1(C)C[N]c2ccccc21. The molecular formula is C10H12N. The van der Waals surface area contributed by atoms with E-state index >= 15 is 0 Å².